The second-order valence-corrected chi connectivity index (χ2v) is 10.8. The van der Waals surface area contributed by atoms with Gasteiger partial charge in [-0.2, -0.15) is 0 Å². The zero-order valence-electron chi connectivity index (χ0n) is 22.6. The van der Waals surface area contributed by atoms with E-state index in [1.54, 1.807) is 26.0 Å². The summed E-state index contributed by atoms with van der Waals surface area (Å²) in [6, 6.07) is 3.89. The fourth-order valence-electron chi connectivity index (χ4n) is 4.97. The van der Waals surface area contributed by atoms with E-state index < -0.39 is 121 Å². The Morgan fingerprint density at radius 3 is 0.822 bits per heavy atom. The first-order chi connectivity index (χ1) is 20.7. The molecule has 1 N–H and O–H groups in total. The molecule has 4 rings (SSSR count). The molecule has 1 nitrogen and oxygen atoms in total. The van der Waals surface area contributed by atoms with Gasteiger partial charge >= 0.3 is 0 Å². The van der Waals surface area contributed by atoms with Crippen LogP contribution < -0.4 is 21.6 Å². The number of nitrogens with one attached hydrogen (secondary N) is 1. The molecule has 0 radical (unpaired) electrons. The summed E-state index contributed by atoms with van der Waals surface area (Å²) in [7, 11) is 0. The van der Waals surface area contributed by atoms with Gasteiger partial charge < -0.3 is 5.23 Å². The Balaban J connectivity index is 2.41. The monoisotopic (exact) mass is 660 g/mol. The van der Waals surface area contributed by atoms with E-state index in [4.69, 9.17) is 0 Å². The van der Waals surface area contributed by atoms with Crippen molar-refractivity contribution in [1.82, 2.24) is 0 Å². The van der Waals surface area contributed by atoms with Gasteiger partial charge in [-0.05, 0) is 28.8 Å². The lowest BCUT2D eigenvalue weighted by Gasteiger charge is -2.45. The quantitative estimate of drug-likeness (QED) is 0.104. The van der Waals surface area contributed by atoms with Gasteiger partial charge in [0, 0.05) is 0 Å². The van der Waals surface area contributed by atoms with Crippen LogP contribution in [0.5, 0.6) is 0 Å². The number of benzene rings is 4. The molecule has 0 fully saturated rings. The van der Waals surface area contributed by atoms with Crippen molar-refractivity contribution in [1.29, 1.82) is 0 Å². The SMILES string of the molecule is CC(C)(C)c1ccc(N[B-](c2c(F)c(F)c(F)c(F)c2F)(c2c(F)c(F)c(F)c(F)c2F)c2c(F)c(F)c(F)c(F)c2F)cc1. The third-order valence-corrected chi connectivity index (χ3v) is 7.16. The Morgan fingerprint density at radius 1 is 0.378 bits per heavy atom. The molecule has 0 aliphatic heterocycles. The van der Waals surface area contributed by atoms with E-state index in [0.29, 0.717) is 5.56 Å². The highest BCUT2D eigenvalue weighted by Crippen LogP contribution is 2.30. The number of anilines is 1. The number of hydrogen-bond acceptors (Lipinski definition) is 1. The second kappa shape index (κ2) is 11.2. The van der Waals surface area contributed by atoms with Crippen molar-refractivity contribution in [3.05, 3.63) is 117 Å². The highest BCUT2D eigenvalue weighted by molar-refractivity contribution is 7.13. The zero-order valence-corrected chi connectivity index (χ0v) is 22.6. The molecule has 240 valence electrons. The van der Waals surface area contributed by atoms with Gasteiger partial charge in [0.25, 0.3) is 0 Å². The summed E-state index contributed by atoms with van der Waals surface area (Å²) in [5, 5.41) is 1.64. The Labute approximate surface area is 243 Å². The van der Waals surface area contributed by atoms with Crippen LogP contribution in [-0.4, -0.2) is 6.28 Å². The molecule has 0 amide bonds. The smallest absolute Gasteiger partial charge is 0.200 e. The average Bonchev–Trinajstić information content (AvgIpc) is 2.98. The lowest BCUT2D eigenvalue weighted by atomic mass is 9.23. The molecule has 45 heavy (non-hydrogen) atoms. The molecular weight excluding hydrogens is 646 g/mol. The van der Waals surface area contributed by atoms with Gasteiger partial charge in [0.1, 0.15) is 34.9 Å². The van der Waals surface area contributed by atoms with Crippen molar-refractivity contribution in [2.75, 3.05) is 5.23 Å². The summed E-state index contributed by atoms with van der Waals surface area (Å²) >= 11 is 0. The van der Waals surface area contributed by atoms with E-state index >= 15 is 26.3 Å². The van der Waals surface area contributed by atoms with Crippen LogP contribution in [0.3, 0.4) is 0 Å². The van der Waals surface area contributed by atoms with E-state index in [1.165, 1.54) is 0 Å². The average molecular weight is 660 g/mol. The maximum Gasteiger partial charge on any atom is 0.200 e. The Kier molecular flexibility index (Phi) is 8.39. The molecular formula is C28H14BF15N-. The molecule has 17 heteroatoms. The van der Waals surface area contributed by atoms with Crippen molar-refractivity contribution >= 4 is 28.4 Å². The van der Waals surface area contributed by atoms with E-state index in [-0.39, 0.29) is 0 Å². The van der Waals surface area contributed by atoms with Crippen molar-refractivity contribution in [2.45, 2.75) is 26.2 Å². The summed E-state index contributed by atoms with van der Waals surface area (Å²) in [6.45, 7) is 4.92. The second-order valence-electron chi connectivity index (χ2n) is 10.8. The maximum absolute atomic E-state index is 15.5. The van der Waals surface area contributed by atoms with Gasteiger partial charge in [0.05, 0.1) is 0 Å². The maximum atomic E-state index is 15.5. The number of halogens is 15. The van der Waals surface area contributed by atoms with Crippen LogP contribution in [0.4, 0.5) is 71.5 Å². The highest BCUT2D eigenvalue weighted by Gasteiger charge is 2.48. The molecule has 4 aromatic rings. The van der Waals surface area contributed by atoms with Crippen LogP contribution in [0.2, 0.25) is 0 Å². The fraction of sp³-hybridized carbons (Fsp3) is 0.143. The predicted octanol–water partition coefficient (Wildman–Crippen LogP) is 7.15. The van der Waals surface area contributed by atoms with Gasteiger partial charge in [-0.3, -0.25) is 0 Å². The predicted molar refractivity (Wildman–Crippen MR) is 132 cm³/mol. The molecule has 0 saturated carbocycles. The van der Waals surface area contributed by atoms with E-state index in [1.807, 2.05) is 0 Å². The molecule has 0 aliphatic rings. The molecule has 0 bridgehead atoms. The summed E-state index contributed by atoms with van der Waals surface area (Å²) in [6.07, 6.45) is -5.89. The molecule has 0 aliphatic carbocycles. The number of rotatable bonds is 5. The van der Waals surface area contributed by atoms with Crippen molar-refractivity contribution < 1.29 is 65.9 Å². The van der Waals surface area contributed by atoms with Crippen LogP contribution in [0.15, 0.2) is 24.3 Å². The molecule has 0 spiro atoms. The molecule has 0 heterocycles. The van der Waals surface area contributed by atoms with Crippen LogP contribution >= 0.6 is 0 Å². The largest absolute Gasteiger partial charge is 0.547 e. The molecule has 0 unspecified atom stereocenters. The van der Waals surface area contributed by atoms with Crippen LogP contribution in [0.1, 0.15) is 26.3 Å². The van der Waals surface area contributed by atoms with Crippen molar-refractivity contribution in [2.24, 2.45) is 0 Å². The third-order valence-electron chi connectivity index (χ3n) is 7.16. The minimum absolute atomic E-state index is 0.398. The Morgan fingerprint density at radius 2 is 0.600 bits per heavy atom. The third kappa shape index (κ3) is 4.95. The fourth-order valence-corrected chi connectivity index (χ4v) is 4.97. The van der Waals surface area contributed by atoms with E-state index in [0.717, 1.165) is 24.3 Å². The van der Waals surface area contributed by atoms with Crippen molar-refractivity contribution in [3.8, 4) is 0 Å². The summed E-state index contributed by atoms with van der Waals surface area (Å²) < 4.78 is 223. The first kappa shape index (κ1) is 33.6. The van der Waals surface area contributed by atoms with Gasteiger partial charge in [0.2, 0.25) is 0 Å². The van der Waals surface area contributed by atoms with E-state index in [2.05, 4.69) is 0 Å². The van der Waals surface area contributed by atoms with Gasteiger partial charge in [0.15, 0.2) is 58.6 Å². The normalized spacial score (nSPS) is 12.2. The minimum Gasteiger partial charge on any atom is -0.547 e. The van der Waals surface area contributed by atoms with Crippen LogP contribution in [-0.2, 0) is 5.41 Å². The zero-order chi connectivity index (χ0) is 34.1. The highest BCUT2D eigenvalue weighted by atomic mass is 19.2. The van der Waals surface area contributed by atoms with Gasteiger partial charge in [-0.25, -0.2) is 65.9 Å². The molecule has 0 atom stereocenters. The van der Waals surface area contributed by atoms with E-state index in [9.17, 15) is 39.5 Å². The minimum atomic E-state index is -5.89. The van der Waals surface area contributed by atoms with Gasteiger partial charge in [-0.1, -0.05) is 32.9 Å². The molecule has 0 saturated heterocycles. The standard InChI is InChI=1S/C28H14BF15N/c1-28(2,3)8-4-6-9(7-5-8)45-29(10-13(30)19(36)25(42)20(37)14(10)31,11-15(32)21(38)26(43)22(39)16(11)33)12-17(34)23(40)27(44)24(41)18(12)35/h4-7,45H,1-3H3/q-1. The van der Waals surface area contributed by atoms with Crippen molar-refractivity contribution in [3.63, 3.8) is 0 Å². The molecule has 4 aromatic carbocycles. The topological polar surface area (TPSA) is 12.0 Å². The van der Waals surface area contributed by atoms with Crippen LogP contribution in [0, 0.1) is 87.3 Å². The lowest BCUT2D eigenvalue weighted by Crippen LogP contribution is -2.78. The molecule has 0 aromatic heterocycles. The Hall–Kier alpha value is -4.31. The Bertz CT molecular complexity index is 1610. The van der Waals surface area contributed by atoms with Crippen LogP contribution in [0.25, 0.3) is 0 Å². The summed E-state index contributed by atoms with van der Waals surface area (Å²) in [4.78, 5) is 0. The summed E-state index contributed by atoms with van der Waals surface area (Å²) in [5.74, 6) is -45.9. The first-order valence-corrected chi connectivity index (χ1v) is 12.3. The number of hydrogen-bond donors (Lipinski definition) is 1. The summed E-state index contributed by atoms with van der Waals surface area (Å²) in [5.41, 5.74) is -9.35. The van der Waals surface area contributed by atoms with Gasteiger partial charge in [-0.15, -0.1) is 16.4 Å². The first-order valence-electron chi connectivity index (χ1n) is 12.3. The lowest BCUT2D eigenvalue weighted by molar-refractivity contribution is 0.379.